The van der Waals surface area contributed by atoms with Gasteiger partial charge in [-0.1, -0.05) is 6.07 Å². The van der Waals surface area contributed by atoms with E-state index in [1.54, 1.807) is 18.6 Å². The van der Waals surface area contributed by atoms with E-state index in [1.807, 2.05) is 35.0 Å². The molecule has 1 aliphatic heterocycles. The Bertz CT molecular complexity index is 830. The van der Waals surface area contributed by atoms with Crippen LogP contribution in [0, 0.1) is 0 Å². The van der Waals surface area contributed by atoms with Gasteiger partial charge in [0, 0.05) is 43.7 Å². The van der Waals surface area contributed by atoms with Gasteiger partial charge in [-0.3, -0.25) is 9.88 Å². The Hall–Kier alpha value is -2.64. The lowest BCUT2D eigenvalue weighted by Crippen LogP contribution is -2.36. The van der Waals surface area contributed by atoms with Crippen LogP contribution in [0.4, 0.5) is 0 Å². The molecule has 3 aromatic heterocycles. The third-order valence-electron chi connectivity index (χ3n) is 4.69. The van der Waals surface area contributed by atoms with E-state index in [2.05, 4.69) is 14.9 Å². The number of morpholine rings is 1. The number of hydrogen-bond donors (Lipinski definition) is 0. The Balaban J connectivity index is 1.47. The Morgan fingerprint density at radius 2 is 1.93 bits per heavy atom. The molecule has 140 valence electrons. The second-order valence-corrected chi connectivity index (χ2v) is 6.60. The molecule has 4 heterocycles. The standard InChI is InChI=1S/C20H24N6O/c1-3-10-22-18(7-1)26-19(8-2-4-11-25-12-14-27-15-13-25)23-20(24-26)17-6-5-9-21-16-17/h1,3,5-7,9-10,16H,2,4,8,11-15H2. The highest BCUT2D eigenvalue weighted by Gasteiger charge is 2.14. The van der Waals surface area contributed by atoms with E-state index in [0.29, 0.717) is 5.82 Å². The lowest BCUT2D eigenvalue weighted by atomic mass is 10.2. The summed E-state index contributed by atoms with van der Waals surface area (Å²) in [6, 6.07) is 9.71. The zero-order valence-corrected chi connectivity index (χ0v) is 15.4. The first-order valence-corrected chi connectivity index (χ1v) is 9.48. The summed E-state index contributed by atoms with van der Waals surface area (Å²) >= 11 is 0. The maximum Gasteiger partial charge on any atom is 0.183 e. The first-order chi connectivity index (χ1) is 13.4. The zero-order chi connectivity index (χ0) is 18.3. The largest absolute Gasteiger partial charge is 0.379 e. The fourth-order valence-electron chi connectivity index (χ4n) is 3.23. The first-order valence-electron chi connectivity index (χ1n) is 9.48. The maximum absolute atomic E-state index is 5.41. The number of aryl methyl sites for hydroxylation is 1. The smallest absolute Gasteiger partial charge is 0.183 e. The molecule has 4 rings (SSSR count). The summed E-state index contributed by atoms with van der Waals surface area (Å²) in [4.78, 5) is 15.9. The van der Waals surface area contributed by atoms with Crippen molar-refractivity contribution in [3.05, 3.63) is 54.7 Å². The molecular weight excluding hydrogens is 340 g/mol. The first kappa shape index (κ1) is 17.8. The highest BCUT2D eigenvalue weighted by Crippen LogP contribution is 2.18. The Labute approximate surface area is 159 Å². The molecule has 0 spiro atoms. The molecule has 0 aromatic carbocycles. The molecule has 0 bridgehead atoms. The lowest BCUT2D eigenvalue weighted by molar-refractivity contribution is 0.0372. The van der Waals surface area contributed by atoms with E-state index >= 15 is 0 Å². The number of pyridine rings is 2. The van der Waals surface area contributed by atoms with Gasteiger partial charge >= 0.3 is 0 Å². The van der Waals surface area contributed by atoms with E-state index < -0.39 is 0 Å². The number of aromatic nitrogens is 5. The minimum atomic E-state index is 0.692. The van der Waals surface area contributed by atoms with E-state index in [1.165, 1.54) is 0 Å². The Morgan fingerprint density at radius 3 is 2.70 bits per heavy atom. The van der Waals surface area contributed by atoms with Gasteiger partial charge in [0.15, 0.2) is 11.6 Å². The van der Waals surface area contributed by atoms with Crippen LogP contribution < -0.4 is 0 Å². The molecule has 1 fully saturated rings. The fraction of sp³-hybridized carbons (Fsp3) is 0.400. The number of rotatable bonds is 7. The normalized spacial score (nSPS) is 15.1. The molecular formula is C20H24N6O. The molecule has 7 nitrogen and oxygen atoms in total. The van der Waals surface area contributed by atoms with E-state index in [0.717, 1.165) is 69.3 Å². The maximum atomic E-state index is 5.41. The van der Waals surface area contributed by atoms with Gasteiger partial charge in [0.25, 0.3) is 0 Å². The molecule has 0 aliphatic carbocycles. The van der Waals surface area contributed by atoms with Crippen LogP contribution in [0.15, 0.2) is 48.9 Å². The number of nitrogens with zero attached hydrogens (tertiary/aromatic N) is 6. The van der Waals surface area contributed by atoms with Crippen LogP contribution in [0.2, 0.25) is 0 Å². The van der Waals surface area contributed by atoms with Gasteiger partial charge in [0.1, 0.15) is 5.82 Å². The van der Waals surface area contributed by atoms with Crippen molar-refractivity contribution in [3.63, 3.8) is 0 Å². The molecule has 3 aromatic rings. The van der Waals surface area contributed by atoms with Crippen molar-refractivity contribution in [2.45, 2.75) is 19.3 Å². The molecule has 0 atom stereocenters. The molecule has 0 N–H and O–H groups in total. The van der Waals surface area contributed by atoms with Crippen LogP contribution in [-0.4, -0.2) is 62.5 Å². The minimum absolute atomic E-state index is 0.692. The van der Waals surface area contributed by atoms with Gasteiger partial charge in [0.2, 0.25) is 0 Å². The van der Waals surface area contributed by atoms with Gasteiger partial charge < -0.3 is 4.74 Å². The fourth-order valence-corrected chi connectivity index (χ4v) is 3.23. The Kier molecular flexibility index (Phi) is 5.81. The van der Waals surface area contributed by atoms with Crippen LogP contribution in [-0.2, 0) is 11.2 Å². The molecule has 0 radical (unpaired) electrons. The van der Waals surface area contributed by atoms with Gasteiger partial charge in [0.05, 0.1) is 13.2 Å². The SMILES string of the molecule is c1ccc(-n2nc(-c3cccnc3)nc2CCCCN2CCOCC2)nc1. The summed E-state index contributed by atoms with van der Waals surface area (Å²) in [5, 5.41) is 4.70. The summed E-state index contributed by atoms with van der Waals surface area (Å²) in [6.45, 7) is 4.88. The van der Waals surface area contributed by atoms with E-state index in [4.69, 9.17) is 14.8 Å². The van der Waals surface area contributed by atoms with Crippen LogP contribution in [0.5, 0.6) is 0 Å². The molecule has 0 saturated carbocycles. The quantitative estimate of drug-likeness (QED) is 0.600. The van der Waals surface area contributed by atoms with Crippen LogP contribution >= 0.6 is 0 Å². The summed E-state index contributed by atoms with van der Waals surface area (Å²) in [6.07, 6.45) is 8.40. The highest BCUT2D eigenvalue weighted by molar-refractivity contribution is 5.53. The average molecular weight is 364 g/mol. The van der Waals surface area contributed by atoms with Gasteiger partial charge in [-0.05, 0) is 43.7 Å². The molecule has 27 heavy (non-hydrogen) atoms. The predicted octanol–water partition coefficient (Wildman–Crippen LogP) is 2.38. The topological polar surface area (TPSA) is 69.0 Å². The van der Waals surface area contributed by atoms with E-state index in [9.17, 15) is 0 Å². The van der Waals surface area contributed by atoms with Crippen molar-refractivity contribution < 1.29 is 4.74 Å². The van der Waals surface area contributed by atoms with Crippen molar-refractivity contribution in [3.8, 4) is 17.2 Å². The Morgan fingerprint density at radius 1 is 1.00 bits per heavy atom. The highest BCUT2D eigenvalue weighted by atomic mass is 16.5. The van der Waals surface area contributed by atoms with Crippen molar-refractivity contribution >= 4 is 0 Å². The summed E-state index contributed by atoms with van der Waals surface area (Å²) < 4.78 is 7.27. The molecule has 1 saturated heterocycles. The minimum Gasteiger partial charge on any atom is -0.379 e. The van der Waals surface area contributed by atoms with Crippen LogP contribution in [0.1, 0.15) is 18.7 Å². The third kappa shape index (κ3) is 4.56. The second kappa shape index (κ2) is 8.83. The zero-order valence-electron chi connectivity index (χ0n) is 15.4. The van der Waals surface area contributed by atoms with Crippen molar-refractivity contribution in [1.29, 1.82) is 0 Å². The molecule has 0 amide bonds. The molecule has 7 heteroatoms. The summed E-state index contributed by atoms with van der Waals surface area (Å²) in [5.74, 6) is 2.43. The van der Waals surface area contributed by atoms with Crippen LogP contribution in [0.25, 0.3) is 17.2 Å². The predicted molar refractivity (Wildman–Crippen MR) is 103 cm³/mol. The summed E-state index contributed by atoms with van der Waals surface area (Å²) in [7, 11) is 0. The molecule has 1 aliphatic rings. The average Bonchev–Trinajstić information content (AvgIpc) is 3.17. The van der Waals surface area contributed by atoms with E-state index in [-0.39, 0.29) is 0 Å². The molecule has 0 unspecified atom stereocenters. The number of unbranched alkanes of at least 4 members (excludes halogenated alkanes) is 1. The third-order valence-corrected chi connectivity index (χ3v) is 4.69. The lowest BCUT2D eigenvalue weighted by Gasteiger charge is -2.26. The monoisotopic (exact) mass is 364 g/mol. The van der Waals surface area contributed by atoms with Crippen LogP contribution in [0.3, 0.4) is 0 Å². The van der Waals surface area contributed by atoms with Gasteiger partial charge in [-0.2, -0.15) is 4.68 Å². The number of ether oxygens (including phenoxy) is 1. The summed E-state index contributed by atoms with van der Waals surface area (Å²) in [5.41, 5.74) is 0.918. The van der Waals surface area contributed by atoms with Gasteiger partial charge in [-0.25, -0.2) is 9.97 Å². The second-order valence-electron chi connectivity index (χ2n) is 6.60. The number of hydrogen-bond acceptors (Lipinski definition) is 6. The van der Waals surface area contributed by atoms with Crippen molar-refractivity contribution in [2.75, 3.05) is 32.8 Å². The van der Waals surface area contributed by atoms with Crippen molar-refractivity contribution in [1.82, 2.24) is 29.6 Å². The van der Waals surface area contributed by atoms with Gasteiger partial charge in [-0.15, -0.1) is 5.10 Å². The van der Waals surface area contributed by atoms with Crippen molar-refractivity contribution in [2.24, 2.45) is 0 Å².